The van der Waals surface area contributed by atoms with Gasteiger partial charge in [-0.25, -0.2) is 0 Å². The molecule has 0 spiro atoms. The monoisotopic (exact) mass is 128 g/mol. The van der Waals surface area contributed by atoms with Crippen LogP contribution < -0.4 is 0 Å². The highest BCUT2D eigenvalue weighted by atomic mass is 35.5. The molecule has 2 heteroatoms. The Morgan fingerprint density at radius 1 is 1.57 bits per heavy atom. The standard InChI is InChI=1S/C5H9.ClH.Mg/c1-3-5-4-2;;/h3,5H,1,4H2,2H3;1H;/q;;+1/p-1. The summed E-state index contributed by atoms with van der Waals surface area (Å²) in [7, 11) is 5.52. The number of hydrogen-bond donors (Lipinski definition) is 0. The van der Waals surface area contributed by atoms with E-state index < -0.39 is 0 Å². The van der Waals surface area contributed by atoms with E-state index in [2.05, 4.69) is 19.1 Å². The molecule has 0 aromatic rings. The Balaban J connectivity index is 2.78. The van der Waals surface area contributed by atoms with Crippen molar-refractivity contribution in [1.29, 1.82) is 0 Å². The topological polar surface area (TPSA) is 0 Å². The van der Waals surface area contributed by atoms with Crippen molar-refractivity contribution in [2.75, 3.05) is 0 Å². The molecule has 0 aromatic carbocycles. The minimum absolute atomic E-state index is 0.221. The molecule has 0 atom stereocenters. The van der Waals surface area contributed by atoms with Crippen LogP contribution in [0.2, 0.25) is 4.55 Å². The van der Waals surface area contributed by atoms with E-state index in [4.69, 9.17) is 9.07 Å². The van der Waals surface area contributed by atoms with Crippen molar-refractivity contribution < 1.29 is 0 Å². The Kier molecular flexibility index (Phi) is 7.57. The molecule has 0 N–H and O–H groups in total. The SMILES string of the molecule is CCC=C[CH2][Mg][Cl]. The van der Waals surface area contributed by atoms with Gasteiger partial charge in [0.1, 0.15) is 0 Å². The third-order valence-electron chi connectivity index (χ3n) is 0.678. The molecule has 0 bridgehead atoms. The maximum absolute atomic E-state index is 5.52. The second-order valence-electron chi connectivity index (χ2n) is 1.36. The lowest BCUT2D eigenvalue weighted by Gasteiger charge is -1.75. The predicted octanol–water partition coefficient (Wildman–Crippen LogP) is 2.23. The first-order valence-corrected chi connectivity index (χ1v) is 5.76. The number of halogens is 1. The highest BCUT2D eigenvalue weighted by Gasteiger charge is 1.80. The van der Waals surface area contributed by atoms with Crippen LogP contribution in [0.3, 0.4) is 0 Å². The summed E-state index contributed by atoms with van der Waals surface area (Å²) in [5.74, 6) is 0. The maximum atomic E-state index is 5.52. The summed E-state index contributed by atoms with van der Waals surface area (Å²) in [5, 5.41) is 0. The molecule has 0 fully saturated rings. The molecule has 0 saturated heterocycles. The Morgan fingerprint density at radius 2 is 2.29 bits per heavy atom. The zero-order chi connectivity index (χ0) is 5.54. The van der Waals surface area contributed by atoms with Gasteiger partial charge >= 0.3 is 19.3 Å². The van der Waals surface area contributed by atoms with E-state index in [1.165, 1.54) is 0 Å². The molecule has 7 heavy (non-hydrogen) atoms. The number of hydrogen-bond acceptors (Lipinski definition) is 0. The number of allylic oxidation sites excluding steroid dienone is 2. The lowest BCUT2D eigenvalue weighted by atomic mass is 10.4. The van der Waals surface area contributed by atoms with Crippen molar-refractivity contribution in [2.45, 2.75) is 17.9 Å². The van der Waals surface area contributed by atoms with Gasteiger partial charge < -0.3 is 9.07 Å². The molecule has 0 saturated carbocycles. The Bertz CT molecular complexity index is 52.0. The van der Waals surface area contributed by atoms with Gasteiger partial charge in [-0.1, -0.05) is 13.0 Å². The van der Waals surface area contributed by atoms with Crippen LogP contribution >= 0.6 is 9.07 Å². The van der Waals surface area contributed by atoms with Gasteiger partial charge in [0.25, 0.3) is 0 Å². The van der Waals surface area contributed by atoms with Gasteiger partial charge in [-0.15, -0.1) is 10.6 Å². The fourth-order valence-corrected chi connectivity index (χ4v) is 1.09. The van der Waals surface area contributed by atoms with Crippen LogP contribution in [0.15, 0.2) is 12.2 Å². The fourth-order valence-electron chi connectivity index (χ4n) is 0.348. The van der Waals surface area contributed by atoms with Crippen LogP contribution in [0, 0.1) is 0 Å². The Hall–Kier alpha value is 0.796. The third-order valence-corrected chi connectivity index (χ3v) is 1.88. The summed E-state index contributed by atoms with van der Waals surface area (Å²) in [4.78, 5) is 0. The molecular formula is C5H9ClMg. The van der Waals surface area contributed by atoms with Gasteiger partial charge in [0.05, 0.1) is 0 Å². The van der Waals surface area contributed by atoms with Crippen LogP contribution in [0.1, 0.15) is 13.3 Å². The smallest absolute Gasteiger partial charge is 0.346 e. The van der Waals surface area contributed by atoms with Gasteiger partial charge in [0.2, 0.25) is 0 Å². The molecule has 0 radical (unpaired) electrons. The molecule has 0 unspecified atom stereocenters. The summed E-state index contributed by atoms with van der Waals surface area (Å²) in [6.07, 6.45) is 5.47. The average Bonchev–Trinajstić information content (AvgIpc) is 1.69. The molecule has 0 rings (SSSR count). The second kappa shape index (κ2) is 6.80. The fraction of sp³-hybridized carbons (Fsp3) is 0.600. The summed E-state index contributed by atoms with van der Waals surface area (Å²) in [6.45, 7) is 2.13. The third kappa shape index (κ3) is 6.80. The normalized spacial score (nSPS) is 9.43. The van der Waals surface area contributed by atoms with Crippen LogP contribution in [0.5, 0.6) is 0 Å². The zero-order valence-corrected chi connectivity index (χ0v) is 6.82. The maximum Gasteiger partial charge on any atom is 0.504 e. The van der Waals surface area contributed by atoms with Crippen LogP contribution in [-0.4, -0.2) is 19.3 Å². The summed E-state index contributed by atoms with van der Waals surface area (Å²) >= 11 is -0.221. The number of rotatable bonds is 3. The molecule has 0 aliphatic rings. The summed E-state index contributed by atoms with van der Waals surface area (Å²) < 4.78 is 1.15. The van der Waals surface area contributed by atoms with Crippen LogP contribution in [-0.2, 0) is 0 Å². The molecule has 0 aliphatic heterocycles. The van der Waals surface area contributed by atoms with E-state index in [0.717, 1.165) is 11.0 Å². The van der Waals surface area contributed by atoms with E-state index in [0.29, 0.717) is 0 Å². The quantitative estimate of drug-likeness (QED) is 0.404. The van der Waals surface area contributed by atoms with Crippen molar-refractivity contribution >= 4 is 28.3 Å². The average molecular weight is 129 g/mol. The summed E-state index contributed by atoms with van der Waals surface area (Å²) in [5.41, 5.74) is 0. The first-order chi connectivity index (χ1) is 3.41. The summed E-state index contributed by atoms with van der Waals surface area (Å²) in [6, 6.07) is 0. The van der Waals surface area contributed by atoms with Gasteiger partial charge in [-0.05, 0) is 6.42 Å². The van der Waals surface area contributed by atoms with Crippen molar-refractivity contribution in [3.63, 3.8) is 0 Å². The molecule has 0 aromatic heterocycles. The second-order valence-corrected chi connectivity index (χ2v) is 3.45. The first kappa shape index (κ1) is 7.80. The Morgan fingerprint density at radius 3 is 2.71 bits per heavy atom. The highest BCUT2D eigenvalue weighted by molar-refractivity contribution is 6.93. The van der Waals surface area contributed by atoms with E-state index in [9.17, 15) is 0 Å². The van der Waals surface area contributed by atoms with Crippen molar-refractivity contribution in [1.82, 2.24) is 0 Å². The van der Waals surface area contributed by atoms with Gasteiger partial charge in [0, 0.05) is 0 Å². The van der Waals surface area contributed by atoms with E-state index >= 15 is 0 Å². The molecular weight excluding hydrogens is 120 g/mol. The van der Waals surface area contributed by atoms with Crippen molar-refractivity contribution in [3.8, 4) is 0 Å². The van der Waals surface area contributed by atoms with Crippen LogP contribution in [0.4, 0.5) is 0 Å². The Labute approximate surface area is 58.4 Å². The van der Waals surface area contributed by atoms with E-state index in [1.54, 1.807) is 0 Å². The lowest BCUT2D eigenvalue weighted by Crippen LogP contribution is -1.67. The molecule has 0 amide bonds. The van der Waals surface area contributed by atoms with E-state index in [1.807, 2.05) is 0 Å². The molecule has 0 heterocycles. The molecule has 38 valence electrons. The molecule has 0 nitrogen and oxygen atoms in total. The van der Waals surface area contributed by atoms with Crippen molar-refractivity contribution in [2.24, 2.45) is 0 Å². The minimum atomic E-state index is -0.221. The van der Waals surface area contributed by atoms with Gasteiger partial charge in [-0.2, -0.15) is 0 Å². The van der Waals surface area contributed by atoms with E-state index in [-0.39, 0.29) is 19.3 Å². The lowest BCUT2D eigenvalue weighted by molar-refractivity contribution is 1.22. The minimum Gasteiger partial charge on any atom is -0.346 e. The van der Waals surface area contributed by atoms with Crippen LogP contribution in [0.25, 0.3) is 0 Å². The largest absolute Gasteiger partial charge is 0.504 e. The highest BCUT2D eigenvalue weighted by Crippen LogP contribution is 1.86. The van der Waals surface area contributed by atoms with Crippen molar-refractivity contribution in [3.05, 3.63) is 12.2 Å². The predicted molar refractivity (Wildman–Crippen MR) is 35.8 cm³/mol. The zero-order valence-electron chi connectivity index (χ0n) is 4.65. The first-order valence-electron chi connectivity index (χ1n) is 2.62. The van der Waals surface area contributed by atoms with Gasteiger partial charge in [0.15, 0.2) is 0 Å². The van der Waals surface area contributed by atoms with Gasteiger partial charge in [-0.3, -0.25) is 0 Å². The molecule has 0 aliphatic carbocycles.